The number of nitrogens with zero attached hydrogens (tertiary/aromatic N) is 3. The van der Waals surface area contributed by atoms with Crippen molar-refractivity contribution in [2.45, 2.75) is 11.6 Å². The van der Waals surface area contributed by atoms with Gasteiger partial charge in [-0.15, -0.1) is 10.2 Å². The van der Waals surface area contributed by atoms with Crippen LogP contribution in [0.1, 0.15) is 5.56 Å². The fraction of sp³-hybridized carbons (Fsp3) is 0.105. The average molecular weight is 416 g/mol. The average Bonchev–Trinajstić information content (AvgIpc) is 3.16. The normalized spacial score (nSPS) is 12.5. The highest BCUT2D eigenvalue weighted by atomic mass is 35.7. The Morgan fingerprint density at radius 2 is 1.46 bits per heavy atom. The molecule has 1 aliphatic heterocycles. The molecule has 0 saturated carbocycles. The lowest BCUT2D eigenvalue weighted by Crippen LogP contribution is -2.68. The third-order valence-electron chi connectivity index (χ3n) is 3.91. The topological polar surface area (TPSA) is 133 Å². The van der Waals surface area contributed by atoms with Crippen LogP contribution in [0.2, 0.25) is 0 Å². The van der Waals surface area contributed by atoms with Crippen molar-refractivity contribution < 1.29 is 33.4 Å². The lowest BCUT2D eigenvalue weighted by molar-refractivity contribution is -2.00. The first-order valence-corrected chi connectivity index (χ1v) is 10.3. The smallest absolute Gasteiger partial charge is 0.222 e. The van der Waals surface area contributed by atoms with Crippen LogP contribution in [-0.4, -0.2) is 10.7 Å². The monoisotopic (exact) mass is 415 g/mol. The molecule has 2 heterocycles. The molecule has 142 valence electrons. The molecule has 2 aromatic carbocycles. The summed E-state index contributed by atoms with van der Waals surface area (Å²) in [7, 11) is -4.94. The van der Waals surface area contributed by atoms with E-state index in [1.165, 1.54) is 0 Å². The second kappa shape index (κ2) is 8.67. The van der Waals surface area contributed by atoms with Crippen LogP contribution >= 0.6 is 11.8 Å². The number of thioether (sulfide) groups is 1. The number of hydrogen-bond donors (Lipinski definition) is 0. The quantitative estimate of drug-likeness (QED) is 0.384. The summed E-state index contributed by atoms with van der Waals surface area (Å²) in [6.07, 6.45) is 0. The highest BCUT2D eigenvalue weighted by molar-refractivity contribution is 7.99. The summed E-state index contributed by atoms with van der Waals surface area (Å²) in [5.74, 6) is 1.91. The Hall–Kier alpha value is -2.51. The Morgan fingerprint density at radius 1 is 0.929 bits per heavy atom. The van der Waals surface area contributed by atoms with Gasteiger partial charge in [0.15, 0.2) is 10.6 Å². The molecule has 0 bridgehead atoms. The molecule has 1 aromatic heterocycles. The zero-order chi connectivity index (χ0) is 20.1. The van der Waals surface area contributed by atoms with Gasteiger partial charge in [-0.1, -0.05) is 60.3 Å². The third kappa shape index (κ3) is 4.85. The van der Waals surface area contributed by atoms with Crippen molar-refractivity contribution in [2.75, 3.05) is 5.75 Å². The number of fused-ring (bicyclic) bond motifs is 1. The van der Waals surface area contributed by atoms with Crippen molar-refractivity contribution >= 4 is 11.8 Å². The van der Waals surface area contributed by atoms with E-state index in [9.17, 15) is 5.26 Å². The minimum Gasteiger partial charge on any atom is -0.222 e. The van der Waals surface area contributed by atoms with E-state index in [2.05, 4.69) is 22.8 Å². The van der Waals surface area contributed by atoms with E-state index in [1.54, 1.807) is 11.8 Å². The van der Waals surface area contributed by atoms with Crippen molar-refractivity contribution in [1.29, 1.82) is 5.26 Å². The SMILES string of the molecule is N#Cc1c(-c2ccccc2)nc(-c2ccccc2)[n+]2c1SCC2.[O-][Cl+3]([O-])([O-])[O-]. The maximum Gasteiger partial charge on any atom is 0.331 e. The molecule has 0 saturated heterocycles. The van der Waals surface area contributed by atoms with E-state index in [0.29, 0.717) is 5.56 Å². The van der Waals surface area contributed by atoms with Crippen LogP contribution in [0, 0.1) is 21.6 Å². The van der Waals surface area contributed by atoms with Gasteiger partial charge in [0.25, 0.3) is 0 Å². The number of halogens is 1. The molecule has 0 aliphatic carbocycles. The van der Waals surface area contributed by atoms with Crippen LogP contribution in [0.25, 0.3) is 22.6 Å². The van der Waals surface area contributed by atoms with Crippen molar-refractivity contribution in [3.05, 3.63) is 66.2 Å². The van der Waals surface area contributed by atoms with Gasteiger partial charge in [-0.3, -0.25) is 0 Å². The van der Waals surface area contributed by atoms with Gasteiger partial charge >= 0.3 is 5.82 Å². The summed E-state index contributed by atoms with van der Waals surface area (Å²) in [5, 5.41) is 10.7. The second-order valence-corrected chi connectivity index (χ2v) is 7.53. The standard InChI is InChI=1S/C19H14N3S.ClHO4/c20-13-16-17(14-7-3-1-4-8-14)21-18(15-9-5-2-6-10-15)22-11-12-23-19(16)22;2-1(3,4)5/h1-10H,11-12H2;(H,2,3,4,5)/q+1;/p-1. The molecule has 9 heteroatoms. The number of benzene rings is 2. The Bertz CT molecular complexity index is 1000. The van der Waals surface area contributed by atoms with Gasteiger partial charge in [0, 0.05) is 11.3 Å². The van der Waals surface area contributed by atoms with Gasteiger partial charge in [-0.25, -0.2) is 23.2 Å². The van der Waals surface area contributed by atoms with Crippen LogP contribution in [0.15, 0.2) is 65.7 Å². The maximum absolute atomic E-state index is 9.69. The Kier molecular flexibility index (Phi) is 6.26. The number of hydrogen-bond acceptors (Lipinski definition) is 7. The lowest BCUT2D eigenvalue weighted by Gasteiger charge is -2.17. The Balaban J connectivity index is 0.000000403. The molecule has 0 amide bonds. The van der Waals surface area contributed by atoms with Crippen molar-refractivity contribution in [1.82, 2.24) is 4.98 Å². The molecule has 0 fully saturated rings. The van der Waals surface area contributed by atoms with Crippen molar-refractivity contribution in [3.63, 3.8) is 0 Å². The molecule has 0 radical (unpaired) electrons. The second-order valence-electron chi connectivity index (χ2n) is 5.69. The molecule has 1 aliphatic rings. The summed E-state index contributed by atoms with van der Waals surface area (Å²) in [6.45, 7) is 0.890. The summed E-state index contributed by atoms with van der Waals surface area (Å²) >= 11 is 1.74. The summed E-state index contributed by atoms with van der Waals surface area (Å²) in [6, 6.07) is 22.5. The summed E-state index contributed by atoms with van der Waals surface area (Å²) < 4.78 is 36.1. The fourth-order valence-corrected chi connectivity index (χ4v) is 3.95. The highest BCUT2D eigenvalue weighted by Crippen LogP contribution is 2.32. The van der Waals surface area contributed by atoms with E-state index in [1.807, 2.05) is 48.5 Å². The third-order valence-corrected chi connectivity index (χ3v) is 5.00. The molecule has 0 N–H and O–H groups in total. The van der Waals surface area contributed by atoms with Gasteiger partial charge in [-0.2, -0.15) is 5.26 Å². The van der Waals surface area contributed by atoms with E-state index < -0.39 is 10.2 Å². The fourth-order valence-electron chi connectivity index (χ4n) is 2.86. The first kappa shape index (κ1) is 20.2. The van der Waals surface area contributed by atoms with Crippen LogP contribution in [0.5, 0.6) is 0 Å². The zero-order valence-corrected chi connectivity index (χ0v) is 16.0. The zero-order valence-electron chi connectivity index (χ0n) is 14.4. The van der Waals surface area contributed by atoms with E-state index >= 15 is 0 Å². The first-order chi connectivity index (χ1) is 13.4. The van der Waals surface area contributed by atoms with E-state index in [-0.39, 0.29) is 0 Å². The predicted molar refractivity (Wildman–Crippen MR) is 90.7 cm³/mol. The molecule has 28 heavy (non-hydrogen) atoms. The van der Waals surface area contributed by atoms with Crippen LogP contribution in [0.3, 0.4) is 0 Å². The molecule has 0 spiro atoms. The van der Waals surface area contributed by atoms with Gasteiger partial charge in [0.05, 0.1) is 5.56 Å². The summed E-state index contributed by atoms with van der Waals surface area (Å²) in [4.78, 5) is 4.88. The molecule has 7 nitrogen and oxygen atoms in total. The molecule has 0 atom stereocenters. The Labute approximate surface area is 167 Å². The number of rotatable bonds is 2. The van der Waals surface area contributed by atoms with Crippen molar-refractivity contribution in [2.24, 2.45) is 0 Å². The molecular weight excluding hydrogens is 402 g/mol. The van der Waals surface area contributed by atoms with Gasteiger partial charge in [-0.05, 0) is 17.1 Å². The Morgan fingerprint density at radius 3 is 2.00 bits per heavy atom. The van der Waals surface area contributed by atoms with Crippen molar-refractivity contribution in [3.8, 4) is 28.7 Å². The van der Waals surface area contributed by atoms with Crippen LogP contribution in [-0.2, 0) is 6.54 Å². The number of nitriles is 1. The maximum atomic E-state index is 9.69. The first-order valence-electron chi connectivity index (χ1n) is 8.12. The predicted octanol–water partition coefficient (Wildman–Crippen LogP) is -1.08. The van der Waals surface area contributed by atoms with E-state index in [4.69, 9.17) is 23.6 Å². The van der Waals surface area contributed by atoms with Gasteiger partial charge < -0.3 is 0 Å². The minimum atomic E-state index is -4.94. The highest BCUT2D eigenvalue weighted by Gasteiger charge is 2.32. The van der Waals surface area contributed by atoms with Gasteiger partial charge in [0.1, 0.15) is 12.6 Å². The molecule has 0 unspecified atom stereocenters. The van der Waals surface area contributed by atoms with Crippen LogP contribution < -0.4 is 23.2 Å². The van der Waals surface area contributed by atoms with Gasteiger partial charge in [0.2, 0.25) is 5.69 Å². The molecule has 4 rings (SSSR count). The molecule has 3 aromatic rings. The number of aromatic nitrogens is 2. The lowest BCUT2D eigenvalue weighted by atomic mass is 10.1. The largest absolute Gasteiger partial charge is 0.331 e. The van der Waals surface area contributed by atoms with E-state index in [0.717, 1.165) is 40.0 Å². The molecular formula is C19H14ClN3O4S. The van der Waals surface area contributed by atoms with Crippen LogP contribution in [0.4, 0.5) is 0 Å². The summed E-state index contributed by atoms with van der Waals surface area (Å²) in [5.41, 5.74) is 3.51. The minimum absolute atomic E-state index is 0.679.